The van der Waals surface area contributed by atoms with Crippen molar-refractivity contribution in [1.29, 1.82) is 0 Å². The van der Waals surface area contributed by atoms with Gasteiger partial charge in [-0.05, 0) is 0 Å². The molecular formula is C7H12FN. The van der Waals surface area contributed by atoms with Crippen molar-refractivity contribution in [1.82, 2.24) is 5.12 Å². The first-order chi connectivity index (χ1) is 4.27. The quantitative estimate of drug-likeness (QED) is 0.404. The molecule has 0 unspecified atom stereocenters. The highest BCUT2D eigenvalue weighted by molar-refractivity contribution is 4.97. The van der Waals surface area contributed by atoms with Crippen LogP contribution in [0.15, 0.2) is 0 Å². The van der Waals surface area contributed by atoms with Crippen LogP contribution in [-0.4, -0.2) is 18.7 Å². The summed E-state index contributed by atoms with van der Waals surface area (Å²) in [6, 6.07) is 0. The zero-order chi connectivity index (χ0) is 7.11. The van der Waals surface area contributed by atoms with Crippen LogP contribution in [0.3, 0.4) is 0 Å². The lowest BCUT2D eigenvalue weighted by atomic mass is 10.4. The summed E-state index contributed by atoms with van der Waals surface area (Å²) < 4.78 is 11.9. The van der Waals surface area contributed by atoms with Gasteiger partial charge in [-0.15, -0.1) is 21.4 Å². The highest BCUT2D eigenvalue weighted by Gasteiger charge is 1.87. The summed E-state index contributed by atoms with van der Waals surface area (Å²) in [6.07, 6.45) is 1.48. The Morgan fingerprint density at radius 3 is 2.56 bits per heavy atom. The molecule has 0 aliphatic heterocycles. The summed E-state index contributed by atoms with van der Waals surface area (Å²) in [7, 11) is 1.40. The molecule has 52 valence electrons. The van der Waals surface area contributed by atoms with E-state index in [2.05, 4.69) is 11.8 Å². The zero-order valence-corrected chi connectivity index (χ0v) is 5.95. The Kier molecular flexibility index (Phi) is 5.24. The maximum absolute atomic E-state index is 11.9. The predicted octanol–water partition coefficient (Wildman–Crippen LogP) is 1.61. The molecule has 1 nitrogen and oxygen atoms in total. The molecule has 0 radical (unpaired) electrons. The molecule has 0 aliphatic carbocycles. The zero-order valence-electron chi connectivity index (χ0n) is 5.95. The van der Waals surface area contributed by atoms with Crippen LogP contribution in [0.2, 0.25) is 0 Å². The minimum Gasteiger partial charge on any atom is -0.149 e. The molecule has 0 fully saturated rings. The van der Waals surface area contributed by atoms with Crippen LogP contribution < -0.4 is 0 Å². The van der Waals surface area contributed by atoms with Crippen LogP contribution in [0.5, 0.6) is 0 Å². The Hall–Kier alpha value is -0.550. The van der Waals surface area contributed by atoms with Gasteiger partial charge in [-0.3, -0.25) is 0 Å². The fourth-order valence-electron chi connectivity index (χ4n) is 0.423. The molecule has 0 aromatic carbocycles. The molecular weight excluding hydrogens is 117 g/mol. The average molecular weight is 129 g/mol. The van der Waals surface area contributed by atoms with E-state index in [9.17, 15) is 4.48 Å². The highest BCUT2D eigenvalue weighted by Crippen LogP contribution is 1.84. The minimum absolute atomic E-state index is 0.410. The van der Waals surface area contributed by atoms with Crippen LogP contribution in [0.4, 0.5) is 4.48 Å². The number of hydrogen-bond acceptors (Lipinski definition) is 1. The average Bonchev–Trinajstić information content (AvgIpc) is 1.80. The van der Waals surface area contributed by atoms with E-state index in [1.807, 2.05) is 6.92 Å². The highest BCUT2D eigenvalue weighted by atomic mass is 19.2. The Morgan fingerprint density at radius 2 is 2.11 bits per heavy atom. The second-order valence-corrected chi connectivity index (χ2v) is 1.79. The standard InChI is InChI=1S/C7H12FN/c1-3-4-5-6-7-9(2)8/h3,6-7H2,1-2H3. The summed E-state index contributed by atoms with van der Waals surface area (Å²) in [5.41, 5.74) is 0. The van der Waals surface area contributed by atoms with Gasteiger partial charge in [-0.2, -0.15) is 0 Å². The molecule has 0 aliphatic rings. The summed E-state index contributed by atoms with van der Waals surface area (Å²) in [5.74, 6) is 5.70. The topological polar surface area (TPSA) is 3.24 Å². The number of hydrogen-bond donors (Lipinski definition) is 0. The molecule has 0 rings (SSSR count). The maximum atomic E-state index is 11.9. The first kappa shape index (κ1) is 8.45. The molecule has 2 heteroatoms. The molecule has 0 atom stereocenters. The lowest BCUT2D eigenvalue weighted by Crippen LogP contribution is -2.06. The minimum atomic E-state index is 0.410. The third-order valence-electron chi connectivity index (χ3n) is 0.847. The van der Waals surface area contributed by atoms with Gasteiger partial charge in [0.25, 0.3) is 0 Å². The van der Waals surface area contributed by atoms with Crippen LogP contribution in [0.25, 0.3) is 0 Å². The van der Waals surface area contributed by atoms with Gasteiger partial charge >= 0.3 is 0 Å². The van der Waals surface area contributed by atoms with Crippen molar-refractivity contribution >= 4 is 0 Å². The van der Waals surface area contributed by atoms with Crippen molar-refractivity contribution in [3.63, 3.8) is 0 Å². The lowest BCUT2D eigenvalue weighted by Gasteiger charge is -1.97. The van der Waals surface area contributed by atoms with Crippen LogP contribution in [0.1, 0.15) is 19.8 Å². The van der Waals surface area contributed by atoms with Crippen molar-refractivity contribution in [2.75, 3.05) is 13.6 Å². The van der Waals surface area contributed by atoms with Crippen molar-refractivity contribution in [3.05, 3.63) is 0 Å². The molecule has 0 aromatic rings. The smallest absolute Gasteiger partial charge is 0.0396 e. The molecule has 0 bridgehead atoms. The fourth-order valence-corrected chi connectivity index (χ4v) is 0.423. The third kappa shape index (κ3) is 7.45. The van der Waals surface area contributed by atoms with Gasteiger partial charge in [0, 0.05) is 26.4 Å². The number of rotatable bonds is 2. The normalized spacial score (nSPS) is 8.89. The molecule has 0 heterocycles. The first-order valence-electron chi connectivity index (χ1n) is 3.10. The largest absolute Gasteiger partial charge is 0.149 e. The Bertz CT molecular complexity index is 110. The monoisotopic (exact) mass is 129 g/mol. The van der Waals surface area contributed by atoms with E-state index in [1.54, 1.807) is 0 Å². The van der Waals surface area contributed by atoms with Gasteiger partial charge < -0.3 is 0 Å². The van der Waals surface area contributed by atoms with E-state index in [1.165, 1.54) is 7.05 Å². The van der Waals surface area contributed by atoms with Crippen molar-refractivity contribution in [2.45, 2.75) is 19.8 Å². The molecule has 0 saturated heterocycles. The van der Waals surface area contributed by atoms with E-state index in [0.717, 1.165) is 6.42 Å². The first-order valence-corrected chi connectivity index (χ1v) is 3.10. The van der Waals surface area contributed by atoms with Gasteiger partial charge in [0.15, 0.2) is 0 Å². The SMILES string of the molecule is CCC#CCCN(C)F. The molecule has 0 N–H and O–H groups in total. The van der Waals surface area contributed by atoms with Gasteiger partial charge in [-0.1, -0.05) is 6.92 Å². The van der Waals surface area contributed by atoms with Gasteiger partial charge in [0.2, 0.25) is 0 Å². The third-order valence-corrected chi connectivity index (χ3v) is 0.847. The van der Waals surface area contributed by atoms with Crippen molar-refractivity contribution in [3.8, 4) is 11.8 Å². The number of nitrogens with zero attached hydrogens (tertiary/aromatic N) is 1. The summed E-state index contributed by atoms with van der Waals surface area (Å²) in [4.78, 5) is 0. The number of halogens is 1. The molecule has 0 amide bonds. The van der Waals surface area contributed by atoms with E-state index >= 15 is 0 Å². The lowest BCUT2D eigenvalue weighted by molar-refractivity contribution is 0.0633. The Labute approximate surface area is 55.8 Å². The molecule has 0 spiro atoms. The Morgan fingerprint density at radius 1 is 1.44 bits per heavy atom. The summed E-state index contributed by atoms with van der Waals surface area (Å²) in [5, 5.41) is 0.643. The molecule has 9 heavy (non-hydrogen) atoms. The fraction of sp³-hybridized carbons (Fsp3) is 0.714. The predicted molar refractivity (Wildman–Crippen MR) is 36.4 cm³/mol. The molecule has 0 saturated carbocycles. The van der Waals surface area contributed by atoms with Crippen LogP contribution >= 0.6 is 0 Å². The second kappa shape index (κ2) is 5.58. The molecule has 0 aromatic heterocycles. The van der Waals surface area contributed by atoms with Crippen molar-refractivity contribution < 1.29 is 4.48 Å². The Balaban J connectivity index is 3.09. The van der Waals surface area contributed by atoms with E-state index < -0.39 is 0 Å². The van der Waals surface area contributed by atoms with Gasteiger partial charge in [-0.25, -0.2) is 0 Å². The van der Waals surface area contributed by atoms with Crippen molar-refractivity contribution in [2.24, 2.45) is 0 Å². The summed E-state index contributed by atoms with van der Waals surface area (Å²) >= 11 is 0. The van der Waals surface area contributed by atoms with E-state index in [0.29, 0.717) is 18.1 Å². The van der Waals surface area contributed by atoms with E-state index in [4.69, 9.17) is 0 Å². The van der Waals surface area contributed by atoms with Crippen LogP contribution in [-0.2, 0) is 0 Å². The van der Waals surface area contributed by atoms with Gasteiger partial charge in [0.05, 0.1) is 0 Å². The summed E-state index contributed by atoms with van der Waals surface area (Å²) in [6.45, 7) is 2.39. The second-order valence-electron chi connectivity index (χ2n) is 1.79. The van der Waals surface area contributed by atoms with E-state index in [-0.39, 0.29) is 0 Å². The van der Waals surface area contributed by atoms with Gasteiger partial charge in [0.1, 0.15) is 0 Å². The van der Waals surface area contributed by atoms with Crippen LogP contribution in [0, 0.1) is 11.8 Å². The maximum Gasteiger partial charge on any atom is 0.0396 e.